The summed E-state index contributed by atoms with van der Waals surface area (Å²) in [6.07, 6.45) is 1.62. The van der Waals surface area contributed by atoms with Gasteiger partial charge < -0.3 is 14.6 Å². The normalized spacial score (nSPS) is 12.6. The topological polar surface area (TPSA) is 43.3 Å². The van der Waals surface area contributed by atoms with Crippen LogP contribution in [0.2, 0.25) is 0 Å². The van der Waals surface area contributed by atoms with E-state index in [-0.39, 0.29) is 5.91 Å². The van der Waals surface area contributed by atoms with Crippen molar-refractivity contribution in [2.24, 2.45) is 0 Å². The Morgan fingerprint density at radius 2 is 2.16 bits per heavy atom. The first-order valence-corrected chi connectivity index (χ1v) is 6.67. The summed E-state index contributed by atoms with van der Waals surface area (Å²) in [7, 11) is 0. The van der Waals surface area contributed by atoms with Crippen molar-refractivity contribution < 1.29 is 9.53 Å². The number of ether oxygens (including phenoxy) is 1. The van der Waals surface area contributed by atoms with Crippen LogP contribution in [0, 0.1) is 0 Å². The highest BCUT2D eigenvalue weighted by atomic mass is 16.5. The molecule has 4 heteroatoms. The molecule has 1 N–H and O–H groups in total. The molecule has 102 valence electrons. The van der Waals surface area contributed by atoms with E-state index in [9.17, 15) is 4.79 Å². The highest BCUT2D eigenvalue weighted by Gasteiger charge is 2.12. The lowest BCUT2D eigenvalue weighted by molar-refractivity contribution is -0.126. The highest BCUT2D eigenvalue weighted by molar-refractivity contribution is 5.96. The second kappa shape index (κ2) is 5.89. The van der Waals surface area contributed by atoms with Crippen LogP contribution in [0.5, 0.6) is 0 Å². The van der Waals surface area contributed by atoms with E-state index in [1.165, 1.54) is 5.52 Å². The third kappa shape index (κ3) is 2.96. The summed E-state index contributed by atoms with van der Waals surface area (Å²) < 4.78 is 7.44. The molecule has 0 bridgehead atoms. The number of benzene rings is 1. The minimum absolute atomic E-state index is 0.115. The van der Waals surface area contributed by atoms with E-state index in [1.807, 2.05) is 25.1 Å². The standard InChI is InChI=1S/C15H20N2O2/c1-4-17-9-8-12-10-13(6-7-14(12)17)16-15(18)11(3)19-5-2/h6-11H,4-5H2,1-3H3,(H,16,18)/t11-/m1/s1. The largest absolute Gasteiger partial charge is 0.369 e. The Balaban J connectivity index is 2.15. The maximum atomic E-state index is 11.9. The van der Waals surface area contributed by atoms with Crippen molar-refractivity contribution in [3.8, 4) is 0 Å². The minimum Gasteiger partial charge on any atom is -0.369 e. The summed E-state index contributed by atoms with van der Waals surface area (Å²) in [5.41, 5.74) is 1.98. The van der Waals surface area contributed by atoms with Gasteiger partial charge in [-0.1, -0.05) is 0 Å². The van der Waals surface area contributed by atoms with Crippen LogP contribution in [0.1, 0.15) is 20.8 Å². The molecule has 1 aromatic heterocycles. The zero-order valence-electron chi connectivity index (χ0n) is 11.6. The number of aryl methyl sites for hydroxylation is 1. The van der Waals surface area contributed by atoms with Gasteiger partial charge in [-0.3, -0.25) is 4.79 Å². The summed E-state index contributed by atoms with van der Waals surface area (Å²) in [6.45, 7) is 7.22. The van der Waals surface area contributed by atoms with Crippen LogP contribution in [-0.4, -0.2) is 23.2 Å². The van der Waals surface area contributed by atoms with Crippen molar-refractivity contribution in [1.82, 2.24) is 4.57 Å². The molecule has 0 fully saturated rings. The lowest BCUT2D eigenvalue weighted by atomic mass is 10.2. The molecular weight excluding hydrogens is 240 g/mol. The average Bonchev–Trinajstić information content (AvgIpc) is 2.81. The van der Waals surface area contributed by atoms with E-state index in [4.69, 9.17) is 4.74 Å². The fraction of sp³-hybridized carbons (Fsp3) is 0.400. The molecule has 2 aromatic rings. The fourth-order valence-corrected chi connectivity index (χ4v) is 2.12. The quantitative estimate of drug-likeness (QED) is 0.898. The van der Waals surface area contributed by atoms with E-state index in [2.05, 4.69) is 29.1 Å². The van der Waals surface area contributed by atoms with Gasteiger partial charge in [0.05, 0.1) is 0 Å². The zero-order valence-corrected chi connectivity index (χ0v) is 11.6. The number of rotatable bonds is 5. The molecule has 0 spiro atoms. The van der Waals surface area contributed by atoms with Crippen molar-refractivity contribution in [2.45, 2.75) is 33.4 Å². The third-order valence-electron chi connectivity index (χ3n) is 3.17. The second-order valence-electron chi connectivity index (χ2n) is 4.46. The Morgan fingerprint density at radius 1 is 1.37 bits per heavy atom. The van der Waals surface area contributed by atoms with Gasteiger partial charge in [-0.05, 0) is 45.0 Å². The number of hydrogen-bond donors (Lipinski definition) is 1. The predicted octanol–water partition coefficient (Wildman–Crippen LogP) is 3.02. The number of anilines is 1. The number of fused-ring (bicyclic) bond motifs is 1. The highest BCUT2D eigenvalue weighted by Crippen LogP contribution is 2.20. The van der Waals surface area contributed by atoms with E-state index in [0.29, 0.717) is 6.61 Å². The first kappa shape index (κ1) is 13.6. The number of nitrogens with one attached hydrogen (secondary N) is 1. The predicted molar refractivity (Wildman–Crippen MR) is 77.3 cm³/mol. The van der Waals surface area contributed by atoms with E-state index >= 15 is 0 Å². The Morgan fingerprint density at radius 3 is 2.84 bits per heavy atom. The molecule has 19 heavy (non-hydrogen) atoms. The van der Waals surface area contributed by atoms with Crippen LogP contribution in [0.4, 0.5) is 5.69 Å². The van der Waals surface area contributed by atoms with Gasteiger partial charge >= 0.3 is 0 Å². The molecule has 0 saturated carbocycles. The molecular formula is C15H20N2O2. The van der Waals surface area contributed by atoms with Gasteiger partial charge in [-0.2, -0.15) is 0 Å². The summed E-state index contributed by atoms with van der Waals surface area (Å²) in [5.74, 6) is -0.115. The van der Waals surface area contributed by atoms with Crippen molar-refractivity contribution in [2.75, 3.05) is 11.9 Å². The smallest absolute Gasteiger partial charge is 0.253 e. The molecule has 0 aliphatic heterocycles. The number of hydrogen-bond acceptors (Lipinski definition) is 2. The number of nitrogens with zero attached hydrogens (tertiary/aromatic N) is 1. The molecule has 0 aliphatic rings. The molecule has 4 nitrogen and oxygen atoms in total. The van der Waals surface area contributed by atoms with E-state index in [0.717, 1.165) is 17.6 Å². The maximum absolute atomic E-state index is 11.9. The van der Waals surface area contributed by atoms with Gasteiger partial charge in [-0.25, -0.2) is 0 Å². The monoisotopic (exact) mass is 260 g/mol. The van der Waals surface area contributed by atoms with Crippen molar-refractivity contribution in [1.29, 1.82) is 0 Å². The second-order valence-corrected chi connectivity index (χ2v) is 4.46. The number of aromatic nitrogens is 1. The van der Waals surface area contributed by atoms with Crippen LogP contribution in [0.25, 0.3) is 10.9 Å². The number of amides is 1. The summed E-state index contributed by atoms with van der Waals surface area (Å²) in [5, 5.41) is 4.00. The van der Waals surface area contributed by atoms with Crippen LogP contribution >= 0.6 is 0 Å². The Labute approximate surface area is 113 Å². The molecule has 0 unspecified atom stereocenters. The van der Waals surface area contributed by atoms with Crippen LogP contribution in [0.3, 0.4) is 0 Å². The molecule has 1 atom stereocenters. The molecule has 1 heterocycles. The van der Waals surface area contributed by atoms with E-state index < -0.39 is 6.10 Å². The van der Waals surface area contributed by atoms with Gasteiger partial charge in [0.25, 0.3) is 5.91 Å². The van der Waals surface area contributed by atoms with Crippen molar-refractivity contribution in [3.63, 3.8) is 0 Å². The zero-order chi connectivity index (χ0) is 13.8. The molecule has 0 aliphatic carbocycles. The fourth-order valence-electron chi connectivity index (χ4n) is 2.12. The lowest BCUT2D eigenvalue weighted by Gasteiger charge is -2.12. The van der Waals surface area contributed by atoms with E-state index in [1.54, 1.807) is 6.92 Å². The van der Waals surface area contributed by atoms with Gasteiger partial charge in [0, 0.05) is 35.9 Å². The van der Waals surface area contributed by atoms with Gasteiger partial charge in [0.2, 0.25) is 0 Å². The van der Waals surface area contributed by atoms with Crippen LogP contribution < -0.4 is 5.32 Å². The van der Waals surface area contributed by atoms with Crippen molar-refractivity contribution in [3.05, 3.63) is 30.5 Å². The Hall–Kier alpha value is -1.81. The van der Waals surface area contributed by atoms with Gasteiger partial charge in [0.1, 0.15) is 6.10 Å². The molecule has 1 amide bonds. The van der Waals surface area contributed by atoms with Crippen LogP contribution in [-0.2, 0) is 16.1 Å². The van der Waals surface area contributed by atoms with Gasteiger partial charge in [0.15, 0.2) is 0 Å². The van der Waals surface area contributed by atoms with Gasteiger partial charge in [-0.15, -0.1) is 0 Å². The summed E-state index contributed by atoms with van der Waals surface area (Å²) in [6, 6.07) is 7.99. The summed E-state index contributed by atoms with van der Waals surface area (Å²) in [4.78, 5) is 11.9. The number of carbonyl (C=O) groups is 1. The SMILES string of the molecule is CCO[C@H](C)C(=O)Nc1ccc2c(ccn2CC)c1. The first-order valence-electron chi connectivity index (χ1n) is 6.67. The molecule has 0 radical (unpaired) electrons. The molecule has 2 rings (SSSR count). The van der Waals surface area contributed by atoms with Crippen LogP contribution in [0.15, 0.2) is 30.5 Å². The molecule has 1 aromatic carbocycles. The number of carbonyl (C=O) groups excluding carboxylic acids is 1. The Kier molecular flexibility index (Phi) is 4.22. The molecule has 0 saturated heterocycles. The summed E-state index contributed by atoms with van der Waals surface area (Å²) >= 11 is 0. The van der Waals surface area contributed by atoms with Crippen molar-refractivity contribution >= 4 is 22.5 Å². The average molecular weight is 260 g/mol. The minimum atomic E-state index is -0.430. The Bertz CT molecular complexity index is 575. The first-order chi connectivity index (χ1) is 9.15. The third-order valence-corrected chi connectivity index (χ3v) is 3.17. The maximum Gasteiger partial charge on any atom is 0.253 e. The lowest BCUT2D eigenvalue weighted by Crippen LogP contribution is -2.27.